The summed E-state index contributed by atoms with van der Waals surface area (Å²) >= 11 is 0. The molecule has 114 valence electrons. The molecule has 0 bridgehead atoms. The molecule has 2 heterocycles. The zero-order chi connectivity index (χ0) is 15.2. The monoisotopic (exact) mass is 290 g/mol. The molecule has 21 heavy (non-hydrogen) atoms. The van der Waals surface area contributed by atoms with Crippen LogP contribution in [-0.4, -0.2) is 40.3 Å². The van der Waals surface area contributed by atoms with Crippen molar-refractivity contribution >= 4 is 11.6 Å². The number of carbonyl (C=O) groups is 1. The van der Waals surface area contributed by atoms with Gasteiger partial charge in [-0.25, -0.2) is 9.50 Å². The molecule has 6 nitrogen and oxygen atoms in total. The molecule has 0 saturated carbocycles. The van der Waals surface area contributed by atoms with Gasteiger partial charge in [0.25, 0.3) is 5.91 Å². The Labute approximate surface area is 124 Å². The molecule has 2 aromatic rings. The van der Waals surface area contributed by atoms with Gasteiger partial charge in [-0.1, -0.05) is 13.8 Å². The molecule has 0 unspecified atom stereocenters. The number of ether oxygens (including phenoxy) is 1. The van der Waals surface area contributed by atoms with Crippen molar-refractivity contribution in [3.05, 3.63) is 29.7 Å². The molecule has 1 amide bonds. The molecule has 0 aromatic carbocycles. The Bertz CT molecular complexity index is 607. The van der Waals surface area contributed by atoms with Crippen molar-refractivity contribution in [3.63, 3.8) is 0 Å². The third-order valence-corrected chi connectivity index (χ3v) is 3.00. The number of amides is 1. The number of hydrogen-bond donors (Lipinski definition) is 1. The maximum absolute atomic E-state index is 12.2. The maximum atomic E-state index is 12.2. The molecule has 0 aliphatic heterocycles. The summed E-state index contributed by atoms with van der Waals surface area (Å²) < 4.78 is 7.10. The van der Waals surface area contributed by atoms with E-state index in [4.69, 9.17) is 4.74 Å². The van der Waals surface area contributed by atoms with Crippen molar-refractivity contribution < 1.29 is 9.53 Å². The number of nitrogens with zero attached hydrogens (tertiary/aromatic N) is 3. The molecule has 0 aliphatic carbocycles. The topological polar surface area (TPSA) is 68.5 Å². The van der Waals surface area contributed by atoms with Crippen LogP contribution in [0.3, 0.4) is 0 Å². The van der Waals surface area contributed by atoms with E-state index < -0.39 is 0 Å². The van der Waals surface area contributed by atoms with Gasteiger partial charge in [0, 0.05) is 32.2 Å². The predicted octanol–water partition coefficient (Wildman–Crippen LogP) is 1.83. The number of aromatic nitrogens is 3. The molecule has 0 saturated heterocycles. The second kappa shape index (κ2) is 7.17. The van der Waals surface area contributed by atoms with Crippen LogP contribution in [0.4, 0.5) is 0 Å². The number of hydrogen-bond acceptors (Lipinski definition) is 4. The molecular formula is C15H22N4O2. The fourth-order valence-corrected chi connectivity index (χ4v) is 2.05. The van der Waals surface area contributed by atoms with Crippen LogP contribution in [0.25, 0.3) is 5.65 Å². The molecule has 2 aromatic heterocycles. The number of nitrogens with one attached hydrogen (secondary N) is 1. The summed E-state index contributed by atoms with van der Waals surface area (Å²) in [7, 11) is 0. The van der Waals surface area contributed by atoms with E-state index in [2.05, 4.69) is 29.2 Å². The van der Waals surface area contributed by atoms with Gasteiger partial charge in [0.15, 0.2) is 5.65 Å². The smallest absolute Gasteiger partial charge is 0.257 e. The van der Waals surface area contributed by atoms with Gasteiger partial charge in [-0.3, -0.25) is 4.79 Å². The standard InChI is InChI=1S/C15H22N4O2/c1-11(2)10-21-9-5-7-17-15(20)13-12(3)18-19-8-4-6-16-14(13)19/h4,6,8,11H,5,7,9-10H2,1-3H3,(H,17,20). The lowest BCUT2D eigenvalue weighted by Crippen LogP contribution is -2.26. The minimum atomic E-state index is -0.134. The molecule has 0 atom stereocenters. The summed E-state index contributed by atoms with van der Waals surface area (Å²) in [5.41, 5.74) is 1.81. The first-order valence-electron chi connectivity index (χ1n) is 7.25. The third-order valence-electron chi connectivity index (χ3n) is 3.00. The minimum absolute atomic E-state index is 0.134. The van der Waals surface area contributed by atoms with Gasteiger partial charge in [0.2, 0.25) is 0 Å². The van der Waals surface area contributed by atoms with Crippen LogP contribution >= 0.6 is 0 Å². The molecule has 1 N–H and O–H groups in total. The minimum Gasteiger partial charge on any atom is -0.381 e. The normalized spacial score (nSPS) is 11.2. The summed E-state index contributed by atoms with van der Waals surface area (Å²) in [6.45, 7) is 8.04. The highest BCUT2D eigenvalue weighted by molar-refractivity contribution is 6.00. The maximum Gasteiger partial charge on any atom is 0.257 e. The van der Waals surface area contributed by atoms with Gasteiger partial charge in [-0.2, -0.15) is 5.10 Å². The predicted molar refractivity (Wildman–Crippen MR) is 80.3 cm³/mol. The van der Waals surface area contributed by atoms with Gasteiger partial charge >= 0.3 is 0 Å². The zero-order valence-corrected chi connectivity index (χ0v) is 12.8. The van der Waals surface area contributed by atoms with E-state index >= 15 is 0 Å². The zero-order valence-electron chi connectivity index (χ0n) is 12.8. The summed E-state index contributed by atoms with van der Waals surface area (Å²) in [5, 5.41) is 7.17. The van der Waals surface area contributed by atoms with Crippen LogP contribution in [-0.2, 0) is 4.74 Å². The van der Waals surface area contributed by atoms with Crippen molar-refractivity contribution in [1.29, 1.82) is 0 Å². The van der Waals surface area contributed by atoms with E-state index in [1.807, 2.05) is 6.92 Å². The first kappa shape index (κ1) is 15.4. The Balaban J connectivity index is 1.87. The first-order valence-corrected chi connectivity index (χ1v) is 7.25. The van der Waals surface area contributed by atoms with Crippen molar-refractivity contribution in [2.45, 2.75) is 27.2 Å². The molecule has 0 aliphatic rings. The van der Waals surface area contributed by atoms with Crippen molar-refractivity contribution in [1.82, 2.24) is 19.9 Å². The molecule has 6 heteroatoms. The highest BCUT2D eigenvalue weighted by atomic mass is 16.5. The summed E-state index contributed by atoms with van der Waals surface area (Å²) in [6, 6.07) is 1.78. The Kier molecular flexibility index (Phi) is 5.27. The average Bonchev–Trinajstić information content (AvgIpc) is 2.78. The molecule has 2 rings (SSSR count). The fourth-order valence-electron chi connectivity index (χ4n) is 2.05. The SMILES string of the molecule is Cc1nn2cccnc2c1C(=O)NCCCOCC(C)C. The number of carbonyl (C=O) groups excluding carboxylic acids is 1. The van der Waals surface area contributed by atoms with Crippen LogP contribution in [0.15, 0.2) is 18.5 Å². The number of aryl methyl sites for hydroxylation is 1. The van der Waals surface area contributed by atoms with E-state index in [1.54, 1.807) is 23.0 Å². The lowest BCUT2D eigenvalue weighted by atomic mass is 10.2. The molecule has 0 fully saturated rings. The van der Waals surface area contributed by atoms with Gasteiger partial charge in [0.05, 0.1) is 5.69 Å². The second-order valence-corrected chi connectivity index (χ2v) is 5.43. The Morgan fingerprint density at radius 1 is 1.48 bits per heavy atom. The molecule has 0 radical (unpaired) electrons. The average molecular weight is 290 g/mol. The van der Waals surface area contributed by atoms with Crippen molar-refractivity contribution in [2.75, 3.05) is 19.8 Å². The Morgan fingerprint density at radius 3 is 3.05 bits per heavy atom. The van der Waals surface area contributed by atoms with E-state index in [0.29, 0.717) is 36.0 Å². The van der Waals surface area contributed by atoms with Crippen molar-refractivity contribution in [3.8, 4) is 0 Å². The van der Waals surface area contributed by atoms with E-state index in [0.717, 1.165) is 13.0 Å². The quantitative estimate of drug-likeness (QED) is 0.790. The Morgan fingerprint density at radius 2 is 2.29 bits per heavy atom. The summed E-state index contributed by atoms with van der Waals surface area (Å²) in [4.78, 5) is 16.5. The lowest BCUT2D eigenvalue weighted by Gasteiger charge is -2.07. The van der Waals surface area contributed by atoms with Crippen LogP contribution in [0.5, 0.6) is 0 Å². The van der Waals surface area contributed by atoms with Crippen LogP contribution < -0.4 is 5.32 Å². The van der Waals surface area contributed by atoms with E-state index in [9.17, 15) is 4.79 Å². The van der Waals surface area contributed by atoms with Crippen molar-refractivity contribution in [2.24, 2.45) is 5.92 Å². The van der Waals surface area contributed by atoms with E-state index in [1.165, 1.54) is 0 Å². The Hall–Kier alpha value is -1.95. The molecular weight excluding hydrogens is 268 g/mol. The number of rotatable bonds is 7. The first-order chi connectivity index (χ1) is 10.1. The highest BCUT2D eigenvalue weighted by Gasteiger charge is 2.17. The van der Waals surface area contributed by atoms with Gasteiger partial charge < -0.3 is 10.1 Å². The highest BCUT2D eigenvalue weighted by Crippen LogP contribution is 2.12. The fraction of sp³-hybridized carbons (Fsp3) is 0.533. The van der Waals surface area contributed by atoms with Gasteiger partial charge in [0.1, 0.15) is 5.56 Å². The summed E-state index contributed by atoms with van der Waals surface area (Å²) in [5.74, 6) is 0.400. The lowest BCUT2D eigenvalue weighted by molar-refractivity contribution is 0.0925. The second-order valence-electron chi connectivity index (χ2n) is 5.43. The van der Waals surface area contributed by atoms with Crippen LogP contribution in [0, 0.1) is 12.8 Å². The van der Waals surface area contributed by atoms with Crippen LogP contribution in [0.2, 0.25) is 0 Å². The van der Waals surface area contributed by atoms with Gasteiger partial charge in [-0.05, 0) is 25.3 Å². The van der Waals surface area contributed by atoms with Gasteiger partial charge in [-0.15, -0.1) is 0 Å². The largest absolute Gasteiger partial charge is 0.381 e. The molecule has 0 spiro atoms. The third kappa shape index (κ3) is 4.01. The summed E-state index contributed by atoms with van der Waals surface area (Å²) in [6.07, 6.45) is 4.24. The van der Waals surface area contributed by atoms with Crippen LogP contribution in [0.1, 0.15) is 36.3 Å². The number of fused-ring (bicyclic) bond motifs is 1. The van der Waals surface area contributed by atoms with E-state index in [-0.39, 0.29) is 5.91 Å².